The molecule has 1 saturated heterocycles. The summed E-state index contributed by atoms with van der Waals surface area (Å²) < 4.78 is 6.18. The second-order valence-corrected chi connectivity index (χ2v) is 12.9. The van der Waals surface area contributed by atoms with Gasteiger partial charge in [-0.1, -0.05) is 19.4 Å². The summed E-state index contributed by atoms with van der Waals surface area (Å²) in [4.78, 5) is 27.4. The Morgan fingerprint density at radius 2 is 1.74 bits per heavy atom. The van der Waals surface area contributed by atoms with Gasteiger partial charge in [0.25, 0.3) is 0 Å². The molecular formula is C27H38O8. The average molecular weight is 491 g/mol. The predicted molar refractivity (Wildman–Crippen MR) is 125 cm³/mol. The van der Waals surface area contributed by atoms with E-state index in [2.05, 4.69) is 0 Å². The van der Waals surface area contributed by atoms with Crippen LogP contribution in [-0.4, -0.2) is 72.7 Å². The van der Waals surface area contributed by atoms with Gasteiger partial charge in [0.1, 0.15) is 6.10 Å². The molecular weight excluding hydrogens is 452 g/mol. The molecule has 3 fully saturated rings. The van der Waals surface area contributed by atoms with Crippen LogP contribution in [0.25, 0.3) is 0 Å². The van der Waals surface area contributed by atoms with Gasteiger partial charge in [0, 0.05) is 23.3 Å². The van der Waals surface area contributed by atoms with Gasteiger partial charge < -0.3 is 30.3 Å². The number of Topliss-reactive ketones (excluding diaryl/α,β-unsaturated/α-hetero) is 2. The first kappa shape index (κ1) is 25.1. The topological polar surface area (TPSA) is 145 Å². The van der Waals surface area contributed by atoms with Crippen molar-refractivity contribution in [1.82, 2.24) is 0 Å². The van der Waals surface area contributed by atoms with Gasteiger partial charge in [-0.3, -0.25) is 9.59 Å². The van der Waals surface area contributed by atoms with Gasteiger partial charge in [-0.25, -0.2) is 0 Å². The second-order valence-electron chi connectivity index (χ2n) is 12.9. The number of ketones is 2. The van der Waals surface area contributed by atoms with E-state index in [1.807, 2.05) is 13.8 Å². The van der Waals surface area contributed by atoms with Crippen LogP contribution in [0.2, 0.25) is 0 Å². The number of hydrogen-bond acceptors (Lipinski definition) is 8. The van der Waals surface area contributed by atoms with Crippen LogP contribution in [0, 0.1) is 22.7 Å². The van der Waals surface area contributed by atoms with E-state index in [1.54, 1.807) is 20.8 Å². The molecule has 35 heavy (non-hydrogen) atoms. The van der Waals surface area contributed by atoms with Gasteiger partial charge in [-0.05, 0) is 63.9 Å². The molecule has 0 aromatic rings. The normalized spacial score (nSPS) is 47.6. The van der Waals surface area contributed by atoms with Crippen LogP contribution in [0.1, 0.15) is 73.1 Å². The van der Waals surface area contributed by atoms with E-state index in [4.69, 9.17) is 4.74 Å². The Hall–Kier alpha value is -1.58. The third kappa shape index (κ3) is 3.29. The average Bonchev–Trinajstić information content (AvgIpc) is 3.15. The van der Waals surface area contributed by atoms with Crippen molar-refractivity contribution in [2.45, 2.75) is 109 Å². The van der Waals surface area contributed by atoms with Crippen molar-refractivity contribution in [1.29, 1.82) is 0 Å². The molecule has 0 radical (unpaired) electrons. The second kappa shape index (κ2) is 7.48. The van der Waals surface area contributed by atoms with Crippen LogP contribution in [0.5, 0.6) is 0 Å². The number of aliphatic hydroxyl groups is 5. The molecule has 4 aliphatic carbocycles. The zero-order chi connectivity index (χ0) is 25.9. The molecule has 1 heterocycles. The predicted octanol–water partition coefficient (Wildman–Crippen LogP) is 1.88. The summed E-state index contributed by atoms with van der Waals surface area (Å²) in [5, 5.41) is 53.5. The number of rotatable bonds is 3. The first-order valence-corrected chi connectivity index (χ1v) is 12.7. The SMILES string of the molecule is CC(C)(O)CC[C@H]1O[C@H]2C(=O)[C@@H]3C4=C(CC[C@]3(C)[C@H]2[C@@]1(C)O)[C@@]1(C)C[C@H](O)[C@H](O)CC1=C(O)C4=O. The van der Waals surface area contributed by atoms with Crippen LogP contribution in [0.3, 0.4) is 0 Å². The van der Waals surface area contributed by atoms with Crippen LogP contribution in [0.4, 0.5) is 0 Å². The monoisotopic (exact) mass is 490 g/mol. The zero-order valence-electron chi connectivity index (χ0n) is 21.2. The minimum absolute atomic E-state index is 0.00780. The molecule has 0 amide bonds. The number of carbonyl (C=O) groups excluding carboxylic acids is 2. The van der Waals surface area contributed by atoms with Crippen LogP contribution in [-0.2, 0) is 14.3 Å². The van der Waals surface area contributed by atoms with Crippen LogP contribution < -0.4 is 0 Å². The Balaban J connectivity index is 1.55. The zero-order valence-corrected chi connectivity index (χ0v) is 21.2. The molecule has 5 rings (SSSR count). The molecule has 194 valence electrons. The van der Waals surface area contributed by atoms with Crippen molar-refractivity contribution in [2.24, 2.45) is 22.7 Å². The van der Waals surface area contributed by atoms with E-state index < -0.39 is 69.8 Å². The summed E-state index contributed by atoms with van der Waals surface area (Å²) in [6.07, 6.45) is -1.51. The maximum absolute atomic E-state index is 13.9. The quantitative estimate of drug-likeness (QED) is 0.403. The van der Waals surface area contributed by atoms with Crippen molar-refractivity contribution in [3.63, 3.8) is 0 Å². The van der Waals surface area contributed by atoms with Gasteiger partial charge in [0.15, 0.2) is 11.5 Å². The summed E-state index contributed by atoms with van der Waals surface area (Å²) in [5.74, 6) is -2.61. The van der Waals surface area contributed by atoms with Crippen molar-refractivity contribution in [3.8, 4) is 0 Å². The highest BCUT2D eigenvalue weighted by Gasteiger charge is 2.72. The van der Waals surface area contributed by atoms with E-state index in [-0.39, 0.29) is 24.2 Å². The number of aliphatic hydroxyl groups excluding tert-OH is 3. The molecule has 2 saturated carbocycles. The van der Waals surface area contributed by atoms with E-state index in [0.717, 1.165) is 5.57 Å². The first-order chi connectivity index (χ1) is 16.0. The van der Waals surface area contributed by atoms with Gasteiger partial charge >= 0.3 is 0 Å². The lowest BCUT2D eigenvalue weighted by Crippen LogP contribution is -2.52. The summed E-state index contributed by atoms with van der Waals surface area (Å²) in [6.45, 7) is 8.89. The number of hydrogen-bond donors (Lipinski definition) is 5. The third-order valence-electron chi connectivity index (χ3n) is 9.93. The maximum atomic E-state index is 13.9. The van der Waals surface area contributed by atoms with E-state index in [0.29, 0.717) is 31.3 Å². The fourth-order valence-electron chi connectivity index (χ4n) is 8.15. The van der Waals surface area contributed by atoms with E-state index >= 15 is 0 Å². The highest BCUT2D eigenvalue weighted by Crippen LogP contribution is 2.66. The highest BCUT2D eigenvalue weighted by molar-refractivity contribution is 6.14. The molecule has 0 bridgehead atoms. The minimum atomic E-state index is -1.33. The lowest BCUT2D eigenvalue weighted by atomic mass is 9.52. The Labute approximate surface area is 205 Å². The molecule has 1 aliphatic heterocycles. The van der Waals surface area contributed by atoms with Gasteiger partial charge in [-0.2, -0.15) is 0 Å². The molecule has 9 atom stereocenters. The summed E-state index contributed by atoms with van der Waals surface area (Å²) in [6, 6.07) is 0. The van der Waals surface area contributed by atoms with Crippen LogP contribution >= 0.6 is 0 Å². The molecule has 8 heteroatoms. The molecule has 5 aliphatic rings. The molecule has 0 spiro atoms. The summed E-state index contributed by atoms with van der Waals surface area (Å²) in [5.41, 5.74) is -2.34. The summed E-state index contributed by atoms with van der Waals surface area (Å²) >= 11 is 0. The lowest BCUT2D eigenvalue weighted by molar-refractivity contribution is -0.136. The maximum Gasteiger partial charge on any atom is 0.224 e. The van der Waals surface area contributed by atoms with E-state index in [9.17, 15) is 35.1 Å². The number of fused-ring (bicyclic) bond motifs is 6. The highest BCUT2D eigenvalue weighted by atomic mass is 16.5. The lowest BCUT2D eigenvalue weighted by Gasteiger charge is -2.52. The number of allylic oxidation sites excluding steroid dienone is 2. The minimum Gasteiger partial charge on any atom is -0.504 e. The smallest absolute Gasteiger partial charge is 0.224 e. The van der Waals surface area contributed by atoms with Crippen molar-refractivity contribution >= 4 is 11.6 Å². The van der Waals surface area contributed by atoms with Gasteiger partial charge in [0.2, 0.25) is 5.78 Å². The van der Waals surface area contributed by atoms with Gasteiger partial charge in [-0.15, -0.1) is 0 Å². The van der Waals surface area contributed by atoms with Gasteiger partial charge in [0.05, 0.1) is 35.4 Å². The molecule has 0 unspecified atom stereocenters. The van der Waals surface area contributed by atoms with Crippen LogP contribution in [0.15, 0.2) is 22.5 Å². The Morgan fingerprint density at radius 3 is 2.37 bits per heavy atom. The fourth-order valence-corrected chi connectivity index (χ4v) is 8.15. The van der Waals surface area contributed by atoms with Crippen molar-refractivity contribution < 1.29 is 39.9 Å². The third-order valence-corrected chi connectivity index (χ3v) is 9.93. The van der Waals surface area contributed by atoms with E-state index in [1.165, 1.54) is 0 Å². The standard InChI is InChI=1S/C27H38O8/c1-24(2,33)8-7-16-27(5,34)23-22(35-16)21(32)18-17-12(6-9-25(18,23)3)26(4)11-15(29)14(28)10-13(26)19(30)20(17)31/h14-16,18,22-23,28-30,33-34H,6-11H2,1-5H3/t14-,15+,16-,18+,22+,23+,25+,26-,27+/m1/s1. The Bertz CT molecular complexity index is 1050. The Morgan fingerprint density at radius 1 is 1.09 bits per heavy atom. The molecule has 0 aromatic carbocycles. The number of carbonyl (C=O) groups is 2. The van der Waals surface area contributed by atoms with Crippen molar-refractivity contribution in [2.75, 3.05) is 0 Å². The molecule has 0 aromatic heterocycles. The largest absolute Gasteiger partial charge is 0.504 e. The summed E-state index contributed by atoms with van der Waals surface area (Å²) in [7, 11) is 0. The van der Waals surface area contributed by atoms with Crippen molar-refractivity contribution in [3.05, 3.63) is 22.5 Å². The fraction of sp³-hybridized carbons (Fsp3) is 0.778. The molecule has 8 nitrogen and oxygen atoms in total. The molecule has 5 N–H and O–H groups in total. The first-order valence-electron chi connectivity index (χ1n) is 12.7. The Kier molecular flexibility index (Phi) is 5.36. The number of ether oxygens (including phenoxy) is 1.